The smallest absolute Gasteiger partial charge is 0.303 e. The van der Waals surface area contributed by atoms with Crippen molar-refractivity contribution in [2.75, 3.05) is 50.5 Å². The minimum atomic E-state index is -1.08. The number of amides is 1. The number of aliphatic carboxylic acids is 2. The van der Waals surface area contributed by atoms with Crippen LogP contribution in [0, 0.1) is 5.82 Å². The van der Waals surface area contributed by atoms with Gasteiger partial charge in [-0.05, 0) is 50.5 Å². The van der Waals surface area contributed by atoms with Crippen molar-refractivity contribution in [1.29, 1.82) is 0 Å². The van der Waals surface area contributed by atoms with Gasteiger partial charge in [-0.25, -0.2) is 9.07 Å². The van der Waals surface area contributed by atoms with Crippen LogP contribution in [0.5, 0.6) is 11.5 Å². The molecule has 2 aromatic heterocycles. The van der Waals surface area contributed by atoms with Crippen molar-refractivity contribution in [3.63, 3.8) is 0 Å². The molecule has 0 spiro atoms. The Bertz CT molecular complexity index is 1680. The number of likely N-dealkylation sites (N-methyl/N-ethyl adjacent to an activating group) is 2. The Hall–Kier alpha value is -5.12. The van der Waals surface area contributed by atoms with Crippen molar-refractivity contribution < 1.29 is 33.7 Å². The van der Waals surface area contributed by atoms with Gasteiger partial charge in [-0.15, -0.1) is 0 Å². The lowest BCUT2D eigenvalue weighted by atomic mass is 10.1. The van der Waals surface area contributed by atoms with E-state index < -0.39 is 23.7 Å². The number of hydrogen-bond acceptors (Lipinski definition) is 10. The number of para-hydroxylation sites is 1. The molecule has 1 saturated heterocycles. The number of nitrogens with zero attached hydrogens (tertiary/aromatic N) is 6. The van der Waals surface area contributed by atoms with Gasteiger partial charge in [-0.3, -0.25) is 19.3 Å². The van der Waals surface area contributed by atoms with Crippen LogP contribution >= 0.6 is 11.6 Å². The van der Waals surface area contributed by atoms with Crippen LogP contribution in [0.3, 0.4) is 0 Å². The molecule has 1 aliphatic heterocycles. The van der Waals surface area contributed by atoms with Gasteiger partial charge in [0.05, 0.1) is 42.3 Å². The molecular formula is C31H34ClFN8O6. The highest BCUT2D eigenvalue weighted by atomic mass is 35.5. The molecule has 16 heteroatoms. The molecule has 14 nitrogen and oxygen atoms in total. The number of halogens is 2. The zero-order valence-electron chi connectivity index (χ0n) is 25.6. The van der Waals surface area contributed by atoms with Gasteiger partial charge in [0, 0.05) is 38.4 Å². The molecule has 3 heterocycles. The van der Waals surface area contributed by atoms with Crippen molar-refractivity contribution in [3.05, 3.63) is 83.7 Å². The number of carbonyl (C=O) groups excluding carboxylic acids is 1. The van der Waals surface area contributed by atoms with Crippen molar-refractivity contribution in [1.82, 2.24) is 30.2 Å². The molecule has 0 aliphatic carbocycles. The maximum Gasteiger partial charge on any atom is 0.303 e. The summed E-state index contributed by atoms with van der Waals surface area (Å²) < 4.78 is 21.8. The van der Waals surface area contributed by atoms with Crippen LogP contribution in [0.4, 0.5) is 15.8 Å². The van der Waals surface area contributed by atoms with Crippen LogP contribution in [-0.4, -0.2) is 99.3 Å². The molecule has 248 valence electrons. The molecule has 4 N–H and O–H groups in total. The van der Waals surface area contributed by atoms with Crippen molar-refractivity contribution in [2.24, 2.45) is 0 Å². The summed E-state index contributed by atoms with van der Waals surface area (Å²) in [5.74, 6) is -2.71. The zero-order valence-corrected chi connectivity index (χ0v) is 26.4. The standard InChI is InChI=1S/C27H28ClFN8O2.C4H6O4/c1-30-15-19-17-36(14-13-35(19)2)26-21(7-8-24(25(26)28)39-23-6-4-3-5-20(23)29)33-27(38)22-10-12-37(34-22)18-9-11-31-32-16-18;5-3(6)1-2-4(7)8/h3-12,16,19,30H,13-15,17H2,1-2H3,(H,33,38);1-2H2,(H,5,6)(H,7,8)/t19-;/m0./s1. The molecule has 1 fully saturated rings. The van der Waals surface area contributed by atoms with Gasteiger partial charge >= 0.3 is 11.9 Å². The van der Waals surface area contributed by atoms with Gasteiger partial charge in [-0.1, -0.05) is 23.7 Å². The first-order valence-corrected chi connectivity index (χ1v) is 14.9. The predicted octanol–water partition coefficient (Wildman–Crippen LogP) is 3.78. The molecule has 1 amide bonds. The Morgan fingerprint density at radius 1 is 1.02 bits per heavy atom. The van der Waals surface area contributed by atoms with E-state index in [1.165, 1.54) is 12.1 Å². The Morgan fingerprint density at radius 2 is 1.77 bits per heavy atom. The van der Waals surface area contributed by atoms with Crippen molar-refractivity contribution >= 4 is 40.8 Å². The van der Waals surface area contributed by atoms with Gasteiger partial charge in [0.1, 0.15) is 10.8 Å². The average Bonchev–Trinajstić information content (AvgIpc) is 3.55. The number of rotatable bonds is 11. The predicted molar refractivity (Wildman–Crippen MR) is 172 cm³/mol. The Balaban J connectivity index is 0.000000555. The first-order chi connectivity index (χ1) is 22.6. The summed E-state index contributed by atoms with van der Waals surface area (Å²) in [6.07, 6.45) is 4.18. The second-order valence-electron chi connectivity index (χ2n) is 10.4. The minimum Gasteiger partial charge on any atom is -0.481 e. The fourth-order valence-corrected chi connectivity index (χ4v) is 5.02. The van der Waals surface area contributed by atoms with Gasteiger partial charge in [0.25, 0.3) is 5.91 Å². The van der Waals surface area contributed by atoms with Crippen LogP contribution < -0.4 is 20.3 Å². The SMILES string of the molecule is CNC[C@H]1CN(c2c(NC(=O)c3ccn(-c4ccnnc4)n3)ccc(Oc3ccccc3F)c2Cl)CCN1C.O=C(O)CCC(=O)O. The van der Waals surface area contributed by atoms with E-state index in [2.05, 4.69) is 42.8 Å². The van der Waals surface area contributed by atoms with E-state index in [1.54, 1.807) is 59.7 Å². The lowest BCUT2D eigenvalue weighted by Crippen LogP contribution is -2.55. The van der Waals surface area contributed by atoms with Crippen LogP contribution in [0.25, 0.3) is 5.69 Å². The van der Waals surface area contributed by atoms with E-state index in [1.807, 2.05) is 7.05 Å². The third kappa shape index (κ3) is 9.45. The third-order valence-corrected chi connectivity index (χ3v) is 7.49. The number of nitrogens with one attached hydrogen (secondary N) is 2. The molecule has 5 rings (SSSR count). The fraction of sp³-hybridized carbons (Fsp3) is 0.290. The molecule has 0 saturated carbocycles. The molecule has 2 aromatic carbocycles. The van der Waals surface area contributed by atoms with Gasteiger partial charge in [0.15, 0.2) is 17.3 Å². The van der Waals surface area contributed by atoms with E-state index in [0.29, 0.717) is 30.2 Å². The number of aromatic nitrogens is 4. The van der Waals surface area contributed by atoms with Crippen LogP contribution in [0.1, 0.15) is 23.3 Å². The van der Waals surface area contributed by atoms with Gasteiger partial charge in [0.2, 0.25) is 0 Å². The lowest BCUT2D eigenvalue weighted by molar-refractivity contribution is -0.143. The lowest BCUT2D eigenvalue weighted by Gasteiger charge is -2.41. The number of carboxylic acids is 2. The average molecular weight is 669 g/mol. The Labute approximate surface area is 274 Å². The summed E-state index contributed by atoms with van der Waals surface area (Å²) in [7, 11) is 3.99. The quantitative estimate of drug-likeness (QED) is 0.182. The van der Waals surface area contributed by atoms with Gasteiger partial charge in [-0.2, -0.15) is 15.3 Å². The normalized spacial score (nSPS) is 14.6. The topological polar surface area (TPSA) is 175 Å². The van der Waals surface area contributed by atoms with E-state index >= 15 is 0 Å². The summed E-state index contributed by atoms with van der Waals surface area (Å²) in [5, 5.41) is 34.3. The monoisotopic (exact) mass is 668 g/mol. The molecule has 0 bridgehead atoms. The maximum atomic E-state index is 14.3. The summed E-state index contributed by atoms with van der Waals surface area (Å²) >= 11 is 6.92. The molecular weight excluding hydrogens is 635 g/mol. The largest absolute Gasteiger partial charge is 0.481 e. The Morgan fingerprint density at radius 3 is 2.43 bits per heavy atom. The number of carbonyl (C=O) groups is 3. The number of ether oxygens (including phenoxy) is 1. The van der Waals surface area contributed by atoms with Crippen molar-refractivity contribution in [3.8, 4) is 17.2 Å². The number of piperazine rings is 1. The maximum absolute atomic E-state index is 14.3. The summed E-state index contributed by atoms with van der Waals surface area (Å²) in [5.41, 5.74) is 1.99. The second kappa shape index (κ2) is 16.4. The molecule has 4 aromatic rings. The van der Waals surface area contributed by atoms with Crippen LogP contribution in [0.2, 0.25) is 5.02 Å². The molecule has 0 radical (unpaired) electrons. The summed E-state index contributed by atoms with van der Waals surface area (Å²) in [4.78, 5) is 36.9. The number of hydrogen-bond donors (Lipinski definition) is 4. The number of anilines is 2. The highest BCUT2D eigenvalue weighted by Crippen LogP contribution is 2.43. The third-order valence-electron chi connectivity index (χ3n) is 7.13. The van der Waals surface area contributed by atoms with E-state index in [4.69, 9.17) is 26.6 Å². The fourth-order valence-electron chi connectivity index (χ4n) is 4.69. The first-order valence-electron chi connectivity index (χ1n) is 14.5. The summed E-state index contributed by atoms with van der Waals surface area (Å²) in [6.45, 7) is 2.90. The van der Waals surface area contributed by atoms with Crippen LogP contribution in [0.15, 0.2) is 67.1 Å². The summed E-state index contributed by atoms with van der Waals surface area (Å²) in [6, 6.07) is 13.0. The molecule has 1 aliphatic rings. The molecule has 47 heavy (non-hydrogen) atoms. The Kier molecular flexibility index (Phi) is 12.2. The molecule has 1 atom stereocenters. The zero-order chi connectivity index (χ0) is 33.9. The van der Waals surface area contributed by atoms with Gasteiger partial charge < -0.3 is 30.5 Å². The molecule has 0 unspecified atom stereocenters. The minimum absolute atomic E-state index is 0.0599. The number of carboxylic acid groups (broad SMARTS) is 2. The first kappa shape index (κ1) is 34.7. The number of benzene rings is 2. The second-order valence-corrected chi connectivity index (χ2v) is 10.8. The van der Waals surface area contributed by atoms with Crippen LogP contribution in [-0.2, 0) is 9.59 Å². The van der Waals surface area contributed by atoms with E-state index in [-0.39, 0.29) is 41.1 Å². The van der Waals surface area contributed by atoms with E-state index in [0.717, 1.165) is 13.1 Å². The highest BCUT2D eigenvalue weighted by molar-refractivity contribution is 6.35. The van der Waals surface area contributed by atoms with Crippen molar-refractivity contribution in [2.45, 2.75) is 18.9 Å². The highest BCUT2D eigenvalue weighted by Gasteiger charge is 2.29. The van der Waals surface area contributed by atoms with E-state index in [9.17, 15) is 18.8 Å².